The molecule has 1 aliphatic heterocycles. The van der Waals surface area contributed by atoms with Crippen LogP contribution in [0.4, 0.5) is 0 Å². The third kappa shape index (κ3) is 9.23. The van der Waals surface area contributed by atoms with Crippen molar-refractivity contribution in [1.29, 1.82) is 0 Å². The Morgan fingerprint density at radius 3 is 2.12 bits per heavy atom. The number of likely N-dealkylation sites (N-methyl/N-ethyl adjacent to an activating group) is 1. The molecule has 1 aliphatic rings. The summed E-state index contributed by atoms with van der Waals surface area (Å²) in [6.45, 7) is 6.63. The second kappa shape index (κ2) is 15.3. The van der Waals surface area contributed by atoms with Gasteiger partial charge < -0.3 is 10.4 Å². The topological polar surface area (TPSA) is 32.3 Å². The minimum atomic E-state index is 0.262. The fraction of sp³-hybridized carbons (Fsp3) is 0.826. The molecule has 0 radical (unpaired) electrons. The minimum absolute atomic E-state index is 0.262. The van der Waals surface area contributed by atoms with Gasteiger partial charge in [0.2, 0.25) is 0 Å². The number of aliphatic hydroxyl groups is 1. The molecule has 26 heavy (non-hydrogen) atoms. The molecule has 0 aromatic heterocycles. The molecule has 0 aromatic carbocycles. The molecule has 3 heteroatoms. The number of allylic oxidation sites excluding steroid dienone is 2. The Balaban J connectivity index is 1.96. The number of aliphatic hydroxyl groups excluding tert-OH is 1. The summed E-state index contributed by atoms with van der Waals surface area (Å²) in [6, 6.07) is 0. The molecule has 152 valence electrons. The molecule has 2 N–H and O–H groups in total. The van der Waals surface area contributed by atoms with Gasteiger partial charge in [0.1, 0.15) is 12.7 Å². The summed E-state index contributed by atoms with van der Waals surface area (Å²) in [5, 5.41) is 12.8. The van der Waals surface area contributed by atoms with Crippen molar-refractivity contribution in [2.45, 2.75) is 103 Å². The van der Waals surface area contributed by atoms with E-state index in [1.54, 1.807) is 0 Å². The van der Waals surface area contributed by atoms with Crippen LogP contribution in [0, 0.1) is 0 Å². The van der Waals surface area contributed by atoms with E-state index in [0.29, 0.717) is 6.17 Å². The molecule has 1 heterocycles. The molecular formula is C23H45N2O+. The van der Waals surface area contributed by atoms with E-state index in [0.717, 1.165) is 17.6 Å². The van der Waals surface area contributed by atoms with E-state index in [4.69, 9.17) is 0 Å². The minimum Gasteiger partial charge on any atom is -0.390 e. The fourth-order valence-corrected chi connectivity index (χ4v) is 4.03. The second-order valence-corrected chi connectivity index (χ2v) is 7.88. The SMILES string of the molecule is CCCCCCCCCC/C=C/CCCCC1NC=C[N+]1(CC)CCO. The first-order valence-electron chi connectivity index (χ1n) is 11.3. The van der Waals surface area contributed by atoms with Crippen molar-refractivity contribution in [2.24, 2.45) is 0 Å². The molecule has 0 saturated carbocycles. The maximum Gasteiger partial charge on any atom is 0.166 e. The van der Waals surface area contributed by atoms with Crippen molar-refractivity contribution in [3.05, 3.63) is 24.6 Å². The highest BCUT2D eigenvalue weighted by molar-refractivity contribution is 4.85. The third-order valence-electron chi connectivity index (χ3n) is 5.88. The molecule has 0 spiro atoms. The van der Waals surface area contributed by atoms with E-state index in [9.17, 15) is 5.11 Å². The van der Waals surface area contributed by atoms with Crippen LogP contribution in [0.2, 0.25) is 0 Å². The summed E-state index contributed by atoms with van der Waals surface area (Å²) in [7, 11) is 0. The van der Waals surface area contributed by atoms with Gasteiger partial charge in [-0.05, 0) is 39.0 Å². The molecule has 0 aromatic rings. The van der Waals surface area contributed by atoms with Crippen LogP contribution in [0.15, 0.2) is 24.6 Å². The molecule has 2 atom stereocenters. The fourth-order valence-electron chi connectivity index (χ4n) is 4.03. The number of quaternary nitrogens is 1. The van der Waals surface area contributed by atoms with Crippen LogP contribution in [-0.4, -0.2) is 35.5 Å². The first-order chi connectivity index (χ1) is 12.8. The van der Waals surface area contributed by atoms with E-state index in [2.05, 4.69) is 43.7 Å². The van der Waals surface area contributed by atoms with Gasteiger partial charge >= 0.3 is 0 Å². The number of hydrogen-bond acceptors (Lipinski definition) is 2. The molecule has 0 fully saturated rings. The first-order valence-corrected chi connectivity index (χ1v) is 11.3. The van der Waals surface area contributed by atoms with Crippen molar-refractivity contribution in [2.75, 3.05) is 19.7 Å². The Labute approximate surface area is 163 Å². The largest absolute Gasteiger partial charge is 0.390 e. The molecule has 0 aliphatic carbocycles. The zero-order valence-electron chi connectivity index (χ0n) is 17.6. The Hall–Kier alpha value is -0.800. The predicted molar refractivity (Wildman–Crippen MR) is 114 cm³/mol. The van der Waals surface area contributed by atoms with Crippen molar-refractivity contribution in [3.8, 4) is 0 Å². The van der Waals surface area contributed by atoms with E-state index in [-0.39, 0.29) is 6.61 Å². The van der Waals surface area contributed by atoms with Gasteiger partial charge in [-0.3, -0.25) is 4.48 Å². The standard InChI is InChI=1S/C23H45N2O/c1-3-5-6-7-8-9-10-11-12-13-14-15-16-17-18-23-24-19-20-25(23,4-2)21-22-26/h13-14,19-20,23-24,26H,3-12,15-18,21-22H2,1-2H3/q+1/b14-13+. The molecular weight excluding hydrogens is 320 g/mol. The molecule has 0 saturated heterocycles. The van der Waals surface area contributed by atoms with Crippen LogP contribution in [0.25, 0.3) is 0 Å². The van der Waals surface area contributed by atoms with Crippen LogP contribution in [0.1, 0.15) is 97.3 Å². The number of nitrogens with one attached hydrogen (secondary N) is 1. The Morgan fingerprint density at radius 1 is 0.885 bits per heavy atom. The normalized spacial score (nSPS) is 22.3. The average Bonchev–Trinajstić information content (AvgIpc) is 3.05. The monoisotopic (exact) mass is 365 g/mol. The van der Waals surface area contributed by atoms with Gasteiger partial charge in [0.05, 0.1) is 19.4 Å². The van der Waals surface area contributed by atoms with Crippen LogP contribution >= 0.6 is 0 Å². The summed E-state index contributed by atoms with van der Waals surface area (Å²) in [6.07, 6.45) is 27.0. The lowest BCUT2D eigenvalue weighted by molar-refractivity contribution is -0.900. The van der Waals surface area contributed by atoms with Gasteiger partial charge in [0.25, 0.3) is 0 Å². The van der Waals surface area contributed by atoms with Crippen LogP contribution in [0.5, 0.6) is 0 Å². The van der Waals surface area contributed by atoms with Crippen molar-refractivity contribution >= 4 is 0 Å². The van der Waals surface area contributed by atoms with Crippen molar-refractivity contribution in [3.63, 3.8) is 0 Å². The molecule has 0 amide bonds. The smallest absolute Gasteiger partial charge is 0.166 e. The number of rotatable bonds is 17. The molecule has 2 unspecified atom stereocenters. The first kappa shape index (κ1) is 23.2. The summed E-state index contributed by atoms with van der Waals surface area (Å²) in [5.41, 5.74) is 0. The highest BCUT2D eigenvalue weighted by atomic mass is 16.3. The van der Waals surface area contributed by atoms with Crippen molar-refractivity contribution in [1.82, 2.24) is 5.32 Å². The highest BCUT2D eigenvalue weighted by Crippen LogP contribution is 2.22. The summed E-state index contributed by atoms with van der Waals surface area (Å²) < 4.78 is 0.894. The molecule has 3 nitrogen and oxygen atoms in total. The maximum atomic E-state index is 9.35. The maximum absolute atomic E-state index is 9.35. The van der Waals surface area contributed by atoms with Gasteiger partial charge in [-0.2, -0.15) is 0 Å². The Bertz CT molecular complexity index is 380. The van der Waals surface area contributed by atoms with E-state index in [1.807, 2.05) is 0 Å². The quantitative estimate of drug-likeness (QED) is 0.192. The number of unbranched alkanes of at least 4 members (excludes halogenated alkanes) is 10. The molecule has 1 rings (SSSR count). The number of hydrogen-bond donors (Lipinski definition) is 2. The highest BCUT2D eigenvalue weighted by Gasteiger charge is 2.35. The zero-order chi connectivity index (χ0) is 18.9. The summed E-state index contributed by atoms with van der Waals surface area (Å²) in [4.78, 5) is 0. The van der Waals surface area contributed by atoms with Gasteiger partial charge in [0.15, 0.2) is 6.17 Å². The van der Waals surface area contributed by atoms with Gasteiger partial charge in [-0.15, -0.1) is 0 Å². The number of nitrogens with zero attached hydrogens (tertiary/aromatic N) is 1. The lowest BCUT2D eigenvalue weighted by Gasteiger charge is -2.36. The summed E-state index contributed by atoms with van der Waals surface area (Å²) >= 11 is 0. The van der Waals surface area contributed by atoms with Crippen LogP contribution in [-0.2, 0) is 0 Å². The van der Waals surface area contributed by atoms with Gasteiger partial charge in [-0.1, -0.05) is 64.0 Å². The van der Waals surface area contributed by atoms with Gasteiger partial charge in [0, 0.05) is 6.42 Å². The van der Waals surface area contributed by atoms with Crippen molar-refractivity contribution < 1.29 is 9.59 Å². The zero-order valence-corrected chi connectivity index (χ0v) is 17.6. The predicted octanol–water partition coefficient (Wildman–Crippen LogP) is 5.86. The Kier molecular flexibility index (Phi) is 13.7. The van der Waals surface area contributed by atoms with Crippen LogP contribution in [0.3, 0.4) is 0 Å². The average molecular weight is 366 g/mol. The third-order valence-corrected chi connectivity index (χ3v) is 5.88. The lowest BCUT2D eigenvalue weighted by atomic mass is 10.1. The van der Waals surface area contributed by atoms with E-state index < -0.39 is 0 Å². The second-order valence-electron chi connectivity index (χ2n) is 7.88. The lowest BCUT2D eigenvalue weighted by Crippen LogP contribution is -2.54. The van der Waals surface area contributed by atoms with Gasteiger partial charge in [-0.25, -0.2) is 0 Å². The van der Waals surface area contributed by atoms with E-state index >= 15 is 0 Å². The summed E-state index contributed by atoms with van der Waals surface area (Å²) in [5.74, 6) is 0. The molecule has 0 bridgehead atoms. The van der Waals surface area contributed by atoms with Crippen LogP contribution < -0.4 is 5.32 Å². The Morgan fingerprint density at radius 2 is 1.50 bits per heavy atom. The van der Waals surface area contributed by atoms with E-state index in [1.165, 1.54) is 83.5 Å².